The molecule has 1 saturated heterocycles. The number of amides is 2. The van der Waals surface area contributed by atoms with Crippen LogP contribution in [0.1, 0.15) is 12.5 Å². The minimum atomic E-state index is -0.595. The Morgan fingerprint density at radius 1 is 1.50 bits per heavy atom. The number of benzene rings is 1. The SMILES string of the molecule is CC(=O)NC[C@H]1CN(c2ccc(-n3cc(CNO)cn3)c(F)c2)C(=O)O1. The van der Waals surface area contributed by atoms with Crippen LogP contribution in [0.4, 0.5) is 14.9 Å². The molecule has 1 aliphatic heterocycles. The molecule has 26 heavy (non-hydrogen) atoms. The zero-order valence-corrected chi connectivity index (χ0v) is 14.0. The molecule has 0 aliphatic carbocycles. The van der Waals surface area contributed by atoms with Gasteiger partial charge in [0.1, 0.15) is 11.8 Å². The molecule has 1 fully saturated rings. The van der Waals surface area contributed by atoms with E-state index < -0.39 is 18.0 Å². The van der Waals surface area contributed by atoms with Crippen LogP contribution in [0, 0.1) is 5.82 Å². The van der Waals surface area contributed by atoms with Crippen LogP contribution in [-0.2, 0) is 16.1 Å². The lowest BCUT2D eigenvalue weighted by atomic mass is 10.2. The highest BCUT2D eigenvalue weighted by atomic mass is 19.1. The van der Waals surface area contributed by atoms with Gasteiger partial charge in [-0.3, -0.25) is 9.69 Å². The Bertz CT molecular complexity index is 825. The van der Waals surface area contributed by atoms with E-state index in [9.17, 15) is 14.0 Å². The van der Waals surface area contributed by atoms with Crippen molar-refractivity contribution < 1.29 is 23.9 Å². The average Bonchev–Trinajstić information content (AvgIpc) is 3.20. The Labute approximate surface area is 148 Å². The van der Waals surface area contributed by atoms with Crippen molar-refractivity contribution in [2.75, 3.05) is 18.0 Å². The molecule has 10 heteroatoms. The summed E-state index contributed by atoms with van der Waals surface area (Å²) in [6, 6.07) is 4.32. The van der Waals surface area contributed by atoms with E-state index in [4.69, 9.17) is 9.94 Å². The molecule has 2 aromatic rings. The molecule has 0 saturated carbocycles. The number of ether oxygens (including phenoxy) is 1. The van der Waals surface area contributed by atoms with Gasteiger partial charge in [-0.1, -0.05) is 0 Å². The number of halogens is 1. The summed E-state index contributed by atoms with van der Waals surface area (Å²) in [5.41, 5.74) is 3.25. The van der Waals surface area contributed by atoms with Crippen molar-refractivity contribution in [2.24, 2.45) is 0 Å². The number of nitrogens with one attached hydrogen (secondary N) is 2. The summed E-state index contributed by atoms with van der Waals surface area (Å²) in [5, 5.41) is 15.3. The monoisotopic (exact) mass is 363 g/mol. The largest absolute Gasteiger partial charge is 0.442 e. The predicted molar refractivity (Wildman–Crippen MR) is 88.4 cm³/mol. The van der Waals surface area contributed by atoms with E-state index in [0.29, 0.717) is 11.3 Å². The van der Waals surface area contributed by atoms with Crippen molar-refractivity contribution in [3.05, 3.63) is 42.0 Å². The molecule has 2 amide bonds. The zero-order chi connectivity index (χ0) is 18.7. The smallest absolute Gasteiger partial charge is 0.414 e. The highest BCUT2D eigenvalue weighted by Crippen LogP contribution is 2.25. The summed E-state index contributed by atoms with van der Waals surface area (Å²) in [5.74, 6) is -0.780. The third-order valence-electron chi connectivity index (χ3n) is 3.86. The molecule has 0 radical (unpaired) electrons. The van der Waals surface area contributed by atoms with Crippen molar-refractivity contribution in [3.8, 4) is 5.69 Å². The van der Waals surface area contributed by atoms with Crippen LogP contribution in [0.25, 0.3) is 5.69 Å². The number of carbonyl (C=O) groups is 2. The summed E-state index contributed by atoms with van der Waals surface area (Å²) in [4.78, 5) is 24.3. The van der Waals surface area contributed by atoms with Gasteiger partial charge < -0.3 is 15.3 Å². The highest BCUT2D eigenvalue weighted by molar-refractivity contribution is 5.90. The average molecular weight is 363 g/mol. The van der Waals surface area contributed by atoms with Gasteiger partial charge in [0.05, 0.1) is 25.0 Å². The molecule has 3 N–H and O–H groups in total. The standard InChI is InChI=1S/C16H18FN5O4/c1-10(23)18-7-13-9-21(16(24)26-13)12-2-3-15(14(17)4-12)22-8-11(5-19-22)6-20-25/h2-5,8,13,20,25H,6-7,9H2,1H3,(H,18,23)/t13-/m0/s1. The lowest BCUT2D eigenvalue weighted by molar-refractivity contribution is -0.119. The number of aromatic nitrogens is 2. The first-order valence-corrected chi connectivity index (χ1v) is 7.91. The quantitative estimate of drug-likeness (QED) is 0.660. The van der Waals surface area contributed by atoms with Gasteiger partial charge >= 0.3 is 6.09 Å². The molecule has 0 spiro atoms. The molecular formula is C16H18FN5O4. The fraction of sp³-hybridized carbons (Fsp3) is 0.312. The Kier molecular flexibility index (Phi) is 5.14. The van der Waals surface area contributed by atoms with Gasteiger partial charge in [-0.15, -0.1) is 0 Å². The number of hydrogen-bond donors (Lipinski definition) is 3. The van der Waals surface area contributed by atoms with E-state index in [1.165, 1.54) is 34.8 Å². The lowest BCUT2D eigenvalue weighted by Gasteiger charge is -2.14. The van der Waals surface area contributed by atoms with Gasteiger partial charge in [0.2, 0.25) is 5.91 Å². The van der Waals surface area contributed by atoms with Crippen molar-refractivity contribution in [2.45, 2.75) is 19.6 Å². The number of hydrogen-bond acceptors (Lipinski definition) is 6. The second-order valence-electron chi connectivity index (χ2n) is 5.82. The Morgan fingerprint density at radius 2 is 2.31 bits per heavy atom. The molecule has 0 unspecified atom stereocenters. The van der Waals surface area contributed by atoms with Gasteiger partial charge in [-0.2, -0.15) is 5.10 Å². The highest BCUT2D eigenvalue weighted by Gasteiger charge is 2.32. The van der Waals surface area contributed by atoms with E-state index in [0.717, 1.165) is 0 Å². The minimum Gasteiger partial charge on any atom is -0.442 e. The first kappa shape index (κ1) is 17.8. The fourth-order valence-corrected chi connectivity index (χ4v) is 2.62. The zero-order valence-electron chi connectivity index (χ0n) is 14.0. The number of cyclic esters (lactones) is 1. The van der Waals surface area contributed by atoms with Crippen LogP contribution in [-0.4, -0.2) is 46.2 Å². The molecule has 1 atom stereocenters. The van der Waals surface area contributed by atoms with E-state index in [2.05, 4.69) is 10.4 Å². The van der Waals surface area contributed by atoms with Crippen molar-refractivity contribution >= 4 is 17.7 Å². The molecular weight excluding hydrogens is 345 g/mol. The van der Waals surface area contributed by atoms with Crippen molar-refractivity contribution in [1.29, 1.82) is 0 Å². The Balaban J connectivity index is 1.74. The second-order valence-corrected chi connectivity index (χ2v) is 5.82. The minimum absolute atomic E-state index is 0.189. The van der Waals surface area contributed by atoms with Crippen LogP contribution in [0.2, 0.25) is 0 Å². The maximum Gasteiger partial charge on any atom is 0.414 e. The summed E-state index contributed by atoms with van der Waals surface area (Å²) < 4.78 is 21.0. The number of rotatable bonds is 6. The van der Waals surface area contributed by atoms with E-state index in [1.54, 1.807) is 12.3 Å². The maximum absolute atomic E-state index is 14.5. The van der Waals surface area contributed by atoms with E-state index >= 15 is 0 Å². The van der Waals surface area contributed by atoms with Gasteiger partial charge in [0.15, 0.2) is 5.82 Å². The van der Waals surface area contributed by atoms with Crippen LogP contribution in [0.3, 0.4) is 0 Å². The molecule has 1 aliphatic rings. The molecule has 0 bridgehead atoms. The normalized spacial score (nSPS) is 16.7. The Morgan fingerprint density at radius 3 is 3.00 bits per heavy atom. The summed E-state index contributed by atoms with van der Waals surface area (Å²) in [6.45, 7) is 1.98. The molecule has 3 rings (SSSR count). The van der Waals surface area contributed by atoms with Crippen LogP contribution in [0.15, 0.2) is 30.6 Å². The lowest BCUT2D eigenvalue weighted by Crippen LogP contribution is -2.33. The maximum atomic E-state index is 14.5. The number of anilines is 1. The third-order valence-corrected chi connectivity index (χ3v) is 3.86. The van der Waals surface area contributed by atoms with Gasteiger partial charge in [-0.25, -0.2) is 19.3 Å². The second kappa shape index (κ2) is 7.50. The number of hydroxylamine groups is 1. The molecule has 1 aromatic carbocycles. The summed E-state index contributed by atoms with van der Waals surface area (Å²) in [6.07, 6.45) is 1.99. The Hall–Kier alpha value is -2.98. The van der Waals surface area contributed by atoms with E-state index in [1.807, 2.05) is 5.48 Å². The first-order valence-electron chi connectivity index (χ1n) is 7.91. The molecule has 138 valence electrons. The van der Waals surface area contributed by atoms with Crippen LogP contribution >= 0.6 is 0 Å². The predicted octanol–water partition coefficient (Wildman–Crippen LogP) is 0.951. The van der Waals surface area contributed by atoms with Crippen LogP contribution in [0.5, 0.6) is 0 Å². The number of carbonyl (C=O) groups excluding carboxylic acids is 2. The first-order chi connectivity index (χ1) is 12.5. The summed E-state index contributed by atoms with van der Waals surface area (Å²) in [7, 11) is 0. The molecule has 2 heterocycles. The third kappa shape index (κ3) is 3.81. The van der Waals surface area contributed by atoms with Gasteiger partial charge in [0, 0.05) is 25.2 Å². The van der Waals surface area contributed by atoms with Gasteiger partial charge in [-0.05, 0) is 18.2 Å². The van der Waals surface area contributed by atoms with Gasteiger partial charge in [0.25, 0.3) is 0 Å². The van der Waals surface area contributed by atoms with Crippen molar-refractivity contribution in [1.82, 2.24) is 20.6 Å². The van der Waals surface area contributed by atoms with Crippen LogP contribution < -0.4 is 15.7 Å². The fourth-order valence-electron chi connectivity index (χ4n) is 2.62. The topological polar surface area (TPSA) is 109 Å². The molecule has 1 aromatic heterocycles. The van der Waals surface area contributed by atoms with Crippen molar-refractivity contribution in [3.63, 3.8) is 0 Å². The molecule has 9 nitrogen and oxygen atoms in total. The van der Waals surface area contributed by atoms with E-state index in [-0.39, 0.29) is 31.2 Å². The summed E-state index contributed by atoms with van der Waals surface area (Å²) >= 11 is 0. The number of nitrogens with zero attached hydrogens (tertiary/aromatic N) is 3.